The zero-order valence-corrected chi connectivity index (χ0v) is 18.1. The zero-order valence-electron chi connectivity index (χ0n) is 17.3. The zero-order chi connectivity index (χ0) is 20.5. The molecule has 4 aromatic carbocycles. The number of hydrogen-bond acceptors (Lipinski definition) is 1. The largest absolute Gasteiger partial charge is 0.353 e. The van der Waals surface area contributed by atoms with Gasteiger partial charge in [0.25, 0.3) is 0 Å². The number of fused-ring (bicyclic) bond motifs is 10. The number of aromatic amines is 1. The van der Waals surface area contributed by atoms with Crippen molar-refractivity contribution in [3.8, 4) is 11.1 Å². The summed E-state index contributed by atoms with van der Waals surface area (Å²) >= 11 is 1.92. The van der Waals surface area contributed by atoms with Crippen molar-refractivity contribution in [2.24, 2.45) is 5.92 Å². The van der Waals surface area contributed by atoms with E-state index in [0.717, 1.165) is 6.42 Å². The first-order valence-corrected chi connectivity index (χ1v) is 11.7. The number of benzene rings is 4. The van der Waals surface area contributed by atoms with E-state index in [1.54, 1.807) is 0 Å². The fourth-order valence-electron chi connectivity index (χ4n) is 5.31. The maximum Gasteiger partial charge on any atom is 0.0649 e. The third-order valence-electron chi connectivity index (χ3n) is 6.74. The van der Waals surface area contributed by atoms with Crippen molar-refractivity contribution in [2.45, 2.75) is 13.3 Å². The molecule has 2 heteroatoms. The summed E-state index contributed by atoms with van der Waals surface area (Å²) in [7, 11) is 0. The van der Waals surface area contributed by atoms with Gasteiger partial charge in [-0.05, 0) is 52.8 Å². The Morgan fingerprint density at radius 1 is 0.839 bits per heavy atom. The Morgan fingerprint density at radius 3 is 2.58 bits per heavy atom. The van der Waals surface area contributed by atoms with Crippen molar-refractivity contribution < 1.29 is 0 Å². The van der Waals surface area contributed by atoms with E-state index in [1.807, 2.05) is 11.3 Å². The molecule has 1 nitrogen and oxygen atoms in total. The predicted molar refractivity (Wildman–Crippen MR) is 136 cm³/mol. The molecule has 148 valence electrons. The lowest BCUT2D eigenvalue weighted by atomic mass is 9.85. The first-order chi connectivity index (χ1) is 15.3. The number of hydrogen-bond donors (Lipinski definition) is 1. The molecule has 1 atom stereocenters. The number of aromatic nitrogens is 1. The summed E-state index contributed by atoms with van der Waals surface area (Å²) in [5.74, 6) is 0.556. The Hall–Kier alpha value is -3.36. The van der Waals surface area contributed by atoms with Gasteiger partial charge in [0.15, 0.2) is 0 Å². The third kappa shape index (κ3) is 2.43. The average molecular weight is 416 g/mol. The van der Waals surface area contributed by atoms with Gasteiger partial charge < -0.3 is 4.98 Å². The van der Waals surface area contributed by atoms with Gasteiger partial charge in [-0.25, -0.2) is 0 Å². The van der Waals surface area contributed by atoms with E-state index in [4.69, 9.17) is 0 Å². The second-order valence-electron chi connectivity index (χ2n) is 8.74. The minimum absolute atomic E-state index is 0.556. The normalized spacial score (nSPS) is 16.0. The molecule has 0 spiro atoms. The summed E-state index contributed by atoms with van der Waals surface area (Å²) in [6, 6.07) is 26.4. The van der Waals surface area contributed by atoms with Crippen LogP contribution in [0.25, 0.3) is 59.2 Å². The summed E-state index contributed by atoms with van der Waals surface area (Å²) < 4.78 is 2.74. The smallest absolute Gasteiger partial charge is 0.0649 e. The highest BCUT2D eigenvalue weighted by Crippen LogP contribution is 2.47. The molecule has 7 rings (SSSR count). The lowest BCUT2D eigenvalue weighted by Gasteiger charge is -2.19. The minimum atomic E-state index is 0.556. The number of allylic oxidation sites excluding steroid dienone is 1. The molecular formula is C29H21NS. The number of H-pyrrole nitrogens is 1. The minimum Gasteiger partial charge on any atom is -0.353 e. The second kappa shape index (κ2) is 6.32. The molecule has 1 aliphatic carbocycles. The van der Waals surface area contributed by atoms with Crippen molar-refractivity contribution in [1.29, 1.82) is 0 Å². The van der Waals surface area contributed by atoms with Crippen molar-refractivity contribution in [3.05, 3.63) is 90.0 Å². The predicted octanol–water partition coefficient (Wildman–Crippen LogP) is 8.56. The Morgan fingerprint density at radius 2 is 1.68 bits per heavy atom. The standard InChI is InChI=1S/C29H21NS/c1-17-11-13-20-22(15-17)26-23-16-19(18-7-3-2-4-8-18)12-14-24(23)30-28(26)29-27(20)21-9-5-6-10-25(21)31-29/h2-14,16-17,30H,15H2,1H3. The van der Waals surface area contributed by atoms with Gasteiger partial charge >= 0.3 is 0 Å². The molecule has 0 bridgehead atoms. The summed E-state index contributed by atoms with van der Waals surface area (Å²) in [6.45, 7) is 2.32. The van der Waals surface area contributed by atoms with Crippen molar-refractivity contribution in [2.75, 3.05) is 0 Å². The van der Waals surface area contributed by atoms with Crippen LogP contribution < -0.4 is 0 Å². The molecule has 1 aliphatic rings. The van der Waals surface area contributed by atoms with Crippen LogP contribution in [0.5, 0.6) is 0 Å². The molecule has 0 saturated heterocycles. The monoisotopic (exact) mass is 415 g/mol. The Labute approximate surface area is 184 Å². The van der Waals surface area contributed by atoms with Crippen molar-refractivity contribution >= 4 is 59.4 Å². The van der Waals surface area contributed by atoms with Gasteiger partial charge in [0.2, 0.25) is 0 Å². The molecule has 1 unspecified atom stereocenters. The summed E-state index contributed by atoms with van der Waals surface area (Å²) in [4.78, 5) is 3.81. The van der Waals surface area contributed by atoms with Crippen molar-refractivity contribution in [1.82, 2.24) is 4.98 Å². The van der Waals surface area contributed by atoms with Crippen LogP contribution in [0.1, 0.15) is 18.1 Å². The van der Waals surface area contributed by atoms with Crippen LogP contribution in [-0.4, -0.2) is 4.98 Å². The second-order valence-corrected chi connectivity index (χ2v) is 9.79. The highest BCUT2D eigenvalue weighted by Gasteiger charge is 2.23. The van der Waals surface area contributed by atoms with Crippen LogP contribution in [0.3, 0.4) is 0 Å². The Bertz CT molecular complexity index is 1660. The van der Waals surface area contributed by atoms with E-state index in [9.17, 15) is 0 Å². The highest BCUT2D eigenvalue weighted by atomic mass is 32.1. The quantitative estimate of drug-likeness (QED) is 0.277. The van der Waals surface area contributed by atoms with Gasteiger partial charge in [0, 0.05) is 31.8 Å². The van der Waals surface area contributed by atoms with Gasteiger partial charge in [0.05, 0.1) is 10.2 Å². The highest BCUT2D eigenvalue weighted by molar-refractivity contribution is 7.26. The summed E-state index contributed by atoms with van der Waals surface area (Å²) in [5.41, 5.74) is 7.99. The van der Waals surface area contributed by atoms with Crippen LogP contribution in [-0.2, 0) is 6.42 Å². The molecule has 2 aromatic heterocycles. The Kier molecular flexibility index (Phi) is 3.53. The van der Waals surface area contributed by atoms with E-state index >= 15 is 0 Å². The van der Waals surface area contributed by atoms with E-state index in [1.165, 1.54) is 64.2 Å². The molecular weight excluding hydrogens is 394 g/mol. The molecule has 0 saturated carbocycles. The van der Waals surface area contributed by atoms with Crippen LogP contribution in [0.2, 0.25) is 0 Å². The maximum absolute atomic E-state index is 3.81. The van der Waals surface area contributed by atoms with Gasteiger partial charge in [-0.3, -0.25) is 0 Å². The molecule has 2 heterocycles. The molecule has 0 fully saturated rings. The topological polar surface area (TPSA) is 15.8 Å². The van der Waals surface area contributed by atoms with Crippen LogP contribution in [0.4, 0.5) is 0 Å². The summed E-state index contributed by atoms with van der Waals surface area (Å²) in [5, 5.41) is 5.55. The number of rotatable bonds is 1. The van der Waals surface area contributed by atoms with E-state index in [2.05, 4.69) is 96.9 Å². The number of thiophene rings is 1. The molecule has 0 radical (unpaired) electrons. The van der Waals surface area contributed by atoms with Gasteiger partial charge in [-0.2, -0.15) is 0 Å². The van der Waals surface area contributed by atoms with E-state index < -0.39 is 0 Å². The molecule has 6 aromatic rings. The van der Waals surface area contributed by atoms with E-state index in [0.29, 0.717) is 5.92 Å². The molecule has 0 aliphatic heterocycles. The Balaban J connectivity index is 1.67. The van der Waals surface area contributed by atoms with Crippen molar-refractivity contribution in [3.63, 3.8) is 0 Å². The molecule has 1 N–H and O–H groups in total. The van der Waals surface area contributed by atoms with Crippen LogP contribution in [0, 0.1) is 5.92 Å². The SMILES string of the molecule is CC1C=Cc2c(c3c4cc(-c5ccccc5)ccc4[nH]c3c3sc4ccccc4c23)C1. The molecule has 0 amide bonds. The molecule has 31 heavy (non-hydrogen) atoms. The lowest BCUT2D eigenvalue weighted by Crippen LogP contribution is -2.04. The van der Waals surface area contributed by atoms with E-state index in [-0.39, 0.29) is 0 Å². The fraction of sp³-hybridized carbons (Fsp3) is 0.103. The van der Waals surface area contributed by atoms with Crippen LogP contribution in [0.15, 0.2) is 78.9 Å². The summed E-state index contributed by atoms with van der Waals surface area (Å²) in [6.07, 6.45) is 5.85. The van der Waals surface area contributed by atoms with Gasteiger partial charge in [-0.15, -0.1) is 11.3 Å². The fourth-order valence-corrected chi connectivity index (χ4v) is 6.53. The van der Waals surface area contributed by atoms with Gasteiger partial charge in [0.1, 0.15) is 0 Å². The first kappa shape index (κ1) is 17.3. The van der Waals surface area contributed by atoms with Gasteiger partial charge in [-0.1, -0.05) is 73.7 Å². The van der Waals surface area contributed by atoms with Crippen LogP contribution >= 0.6 is 11.3 Å². The third-order valence-corrected chi connectivity index (χ3v) is 7.93. The lowest BCUT2D eigenvalue weighted by molar-refractivity contribution is 0.723. The maximum atomic E-state index is 3.81. The average Bonchev–Trinajstić information content (AvgIpc) is 3.38. The first-order valence-electron chi connectivity index (χ1n) is 10.9. The number of nitrogens with one attached hydrogen (secondary N) is 1.